The minimum atomic E-state index is -0.312. The van der Waals surface area contributed by atoms with Gasteiger partial charge in [-0.1, -0.05) is 12.1 Å². The van der Waals surface area contributed by atoms with Gasteiger partial charge in [0.2, 0.25) is 0 Å². The lowest BCUT2D eigenvalue weighted by Gasteiger charge is -2.37. The van der Waals surface area contributed by atoms with Crippen LogP contribution in [0.2, 0.25) is 0 Å². The number of rotatable bonds is 5. The molecule has 8 nitrogen and oxygen atoms in total. The number of piperazine rings is 1. The van der Waals surface area contributed by atoms with E-state index in [9.17, 15) is 9.59 Å². The normalized spacial score (nSPS) is 15.4. The third-order valence-electron chi connectivity index (χ3n) is 5.18. The maximum absolute atomic E-state index is 12.3. The maximum atomic E-state index is 12.3. The zero-order chi connectivity index (χ0) is 21.5. The number of hydrogen-bond acceptors (Lipinski definition) is 5. The predicted octanol–water partition coefficient (Wildman–Crippen LogP) is 3.87. The second-order valence-corrected chi connectivity index (χ2v) is 7.29. The molecule has 0 bridgehead atoms. The molecule has 1 atom stereocenters. The Labute approximate surface area is 177 Å². The fourth-order valence-corrected chi connectivity index (χ4v) is 3.43. The molecule has 1 fully saturated rings. The zero-order valence-electron chi connectivity index (χ0n) is 17.7. The lowest BCUT2D eigenvalue weighted by Crippen LogP contribution is -2.49. The Bertz CT molecular complexity index is 863. The van der Waals surface area contributed by atoms with Crippen molar-refractivity contribution in [2.75, 3.05) is 43.4 Å². The van der Waals surface area contributed by atoms with Gasteiger partial charge in [-0.05, 0) is 50.6 Å². The van der Waals surface area contributed by atoms with Crippen molar-refractivity contribution in [3.63, 3.8) is 0 Å². The van der Waals surface area contributed by atoms with E-state index in [0.717, 1.165) is 30.0 Å². The molecule has 160 valence electrons. The highest BCUT2D eigenvalue weighted by Crippen LogP contribution is 2.24. The summed E-state index contributed by atoms with van der Waals surface area (Å²) in [7, 11) is 0. The summed E-state index contributed by atoms with van der Waals surface area (Å²) in [6.07, 6.45) is 1.38. The minimum absolute atomic E-state index is 0.167. The van der Waals surface area contributed by atoms with Gasteiger partial charge in [0.15, 0.2) is 0 Å². The van der Waals surface area contributed by atoms with Crippen molar-refractivity contribution in [3.8, 4) is 0 Å². The number of nitrogens with zero attached hydrogens (tertiary/aromatic N) is 3. The SMILES string of the molecule is CCOC(=O)N1CCN([C@@H](C)c2cccc(NC(=O)Nc3ccc(C)nc3)c2)CC1. The number of ether oxygens (including phenoxy) is 1. The number of urea groups is 1. The van der Waals surface area contributed by atoms with E-state index in [4.69, 9.17) is 4.74 Å². The summed E-state index contributed by atoms with van der Waals surface area (Å²) in [4.78, 5) is 32.4. The molecule has 8 heteroatoms. The molecule has 2 N–H and O–H groups in total. The first-order valence-corrected chi connectivity index (χ1v) is 10.2. The summed E-state index contributed by atoms with van der Waals surface area (Å²) >= 11 is 0. The molecule has 1 saturated heterocycles. The van der Waals surface area contributed by atoms with Crippen LogP contribution < -0.4 is 10.6 Å². The van der Waals surface area contributed by atoms with Gasteiger partial charge >= 0.3 is 12.1 Å². The third kappa shape index (κ3) is 5.70. The van der Waals surface area contributed by atoms with Gasteiger partial charge in [-0.25, -0.2) is 9.59 Å². The first-order chi connectivity index (χ1) is 14.5. The van der Waals surface area contributed by atoms with Crippen molar-refractivity contribution in [1.82, 2.24) is 14.8 Å². The molecule has 2 heterocycles. The highest BCUT2D eigenvalue weighted by atomic mass is 16.6. The summed E-state index contributed by atoms with van der Waals surface area (Å²) in [5, 5.41) is 5.66. The number of amides is 3. The quantitative estimate of drug-likeness (QED) is 0.780. The van der Waals surface area contributed by atoms with Gasteiger partial charge in [-0.15, -0.1) is 0 Å². The molecule has 0 aliphatic carbocycles. The molecule has 1 aliphatic rings. The van der Waals surface area contributed by atoms with E-state index in [0.29, 0.717) is 25.4 Å². The van der Waals surface area contributed by atoms with E-state index in [1.807, 2.05) is 44.2 Å². The third-order valence-corrected chi connectivity index (χ3v) is 5.18. The molecule has 0 radical (unpaired) electrons. The number of carbonyl (C=O) groups is 2. The predicted molar refractivity (Wildman–Crippen MR) is 117 cm³/mol. The topological polar surface area (TPSA) is 86.8 Å². The smallest absolute Gasteiger partial charge is 0.409 e. The summed E-state index contributed by atoms with van der Waals surface area (Å²) < 4.78 is 5.08. The lowest BCUT2D eigenvalue weighted by atomic mass is 10.1. The number of benzene rings is 1. The Morgan fingerprint density at radius 2 is 1.83 bits per heavy atom. The van der Waals surface area contributed by atoms with Crippen molar-refractivity contribution >= 4 is 23.5 Å². The Balaban J connectivity index is 1.56. The molecule has 0 saturated carbocycles. The molecule has 3 rings (SSSR count). The largest absolute Gasteiger partial charge is 0.450 e. The lowest BCUT2D eigenvalue weighted by molar-refractivity contribution is 0.0686. The van der Waals surface area contributed by atoms with Crippen LogP contribution in [0.25, 0.3) is 0 Å². The molecule has 0 unspecified atom stereocenters. The van der Waals surface area contributed by atoms with E-state index in [1.165, 1.54) is 0 Å². The number of pyridine rings is 1. The Kier molecular flexibility index (Phi) is 7.24. The molecule has 1 aliphatic heterocycles. The Hall–Kier alpha value is -3.13. The van der Waals surface area contributed by atoms with Gasteiger partial charge < -0.3 is 20.3 Å². The van der Waals surface area contributed by atoms with E-state index in [2.05, 4.69) is 33.5 Å². The Morgan fingerprint density at radius 3 is 2.50 bits per heavy atom. The van der Waals surface area contributed by atoms with E-state index < -0.39 is 0 Å². The monoisotopic (exact) mass is 411 g/mol. The number of nitrogens with one attached hydrogen (secondary N) is 2. The molecule has 3 amide bonds. The van der Waals surface area contributed by atoms with Crippen LogP contribution in [-0.2, 0) is 4.74 Å². The second-order valence-electron chi connectivity index (χ2n) is 7.29. The first-order valence-electron chi connectivity index (χ1n) is 10.2. The van der Waals surface area contributed by atoms with Crippen LogP contribution in [0, 0.1) is 6.92 Å². The van der Waals surface area contributed by atoms with Crippen LogP contribution in [0.15, 0.2) is 42.6 Å². The van der Waals surface area contributed by atoms with Crippen molar-refractivity contribution in [2.24, 2.45) is 0 Å². The second kappa shape index (κ2) is 10.1. The van der Waals surface area contributed by atoms with E-state index >= 15 is 0 Å². The molecule has 1 aromatic heterocycles. The first kappa shape index (κ1) is 21.6. The molecule has 0 spiro atoms. The van der Waals surface area contributed by atoms with Gasteiger partial charge in [-0.2, -0.15) is 0 Å². The molecule has 1 aromatic carbocycles. The van der Waals surface area contributed by atoms with Crippen LogP contribution in [0.3, 0.4) is 0 Å². The van der Waals surface area contributed by atoms with Crippen LogP contribution in [-0.4, -0.2) is 59.7 Å². The summed E-state index contributed by atoms with van der Waals surface area (Å²) in [6, 6.07) is 11.3. The van der Waals surface area contributed by atoms with Crippen LogP contribution in [0.4, 0.5) is 21.0 Å². The van der Waals surface area contributed by atoms with Crippen molar-refractivity contribution in [2.45, 2.75) is 26.8 Å². The van der Waals surface area contributed by atoms with Gasteiger partial charge in [0, 0.05) is 43.6 Å². The van der Waals surface area contributed by atoms with Gasteiger partial charge in [-0.3, -0.25) is 9.88 Å². The average molecular weight is 412 g/mol. The van der Waals surface area contributed by atoms with Gasteiger partial charge in [0.05, 0.1) is 18.5 Å². The summed E-state index contributed by atoms with van der Waals surface area (Å²) in [5.74, 6) is 0. The van der Waals surface area contributed by atoms with Crippen LogP contribution in [0.5, 0.6) is 0 Å². The fourth-order valence-electron chi connectivity index (χ4n) is 3.43. The van der Waals surface area contributed by atoms with Crippen molar-refractivity contribution in [1.29, 1.82) is 0 Å². The fraction of sp³-hybridized carbons (Fsp3) is 0.409. The summed E-state index contributed by atoms with van der Waals surface area (Å²) in [6.45, 7) is 9.09. The molecular formula is C22H29N5O3. The average Bonchev–Trinajstić information content (AvgIpc) is 2.75. The van der Waals surface area contributed by atoms with E-state index in [-0.39, 0.29) is 18.2 Å². The van der Waals surface area contributed by atoms with Gasteiger partial charge in [0.1, 0.15) is 0 Å². The number of aryl methyl sites for hydroxylation is 1. The highest BCUT2D eigenvalue weighted by molar-refractivity contribution is 5.99. The van der Waals surface area contributed by atoms with Crippen LogP contribution >= 0.6 is 0 Å². The van der Waals surface area contributed by atoms with Crippen molar-refractivity contribution in [3.05, 3.63) is 53.9 Å². The highest BCUT2D eigenvalue weighted by Gasteiger charge is 2.25. The number of carbonyl (C=O) groups excluding carboxylic acids is 2. The zero-order valence-corrected chi connectivity index (χ0v) is 17.7. The summed E-state index contributed by atoms with van der Waals surface area (Å²) in [5.41, 5.74) is 3.37. The van der Waals surface area contributed by atoms with E-state index in [1.54, 1.807) is 11.1 Å². The van der Waals surface area contributed by atoms with Crippen LogP contribution in [0.1, 0.15) is 31.1 Å². The number of anilines is 2. The molecule has 2 aromatic rings. The number of aromatic nitrogens is 1. The minimum Gasteiger partial charge on any atom is -0.450 e. The number of hydrogen-bond donors (Lipinski definition) is 2. The Morgan fingerprint density at radius 1 is 1.10 bits per heavy atom. The maximum Gasteiger partial charge on any atom is 0.409 e. The van der Waals surface area contributed by atoms with Gasteiger partial charge in [0.25, 0.3) is 0 Å². The standard InChI is InChI=1S/C22H29N5O3/c1-4-30-22(29)27-12-10-26(11-13-27)17(3)18-6-5-7-19(14-18)24-21(28)25-20-9-8-16(2)23-15-20/h5-9,14-15,17H,4,10-13H2,1-3H3,(H2,24,25,28)/t17-/m0/s1. The molecule has 30 heavy (non-hydrogen) atoms. The van der Waals surface area contributed by atoms with Crippen molar-refractivity contribution < 1.29 is 14.3 Å². The molecular weight excluding hydrogens is 382 g/mol.